The molecule has 1 aromatic carbocycles. The van der Waals surface area contributed by atoms with Gasteiger partial charge in [-0.1, -0.05) is 50.3 Å². The van der Waals surface area contributed by atoms with Crippen molar-refractivity contribution in [2.45, 2.75) is 220 Å². The van der Waals surface area contributed by atoms with Crippen LogP contribution in [0.3, 0.4) is 0 Å². The fraction of sp³-hybridized carbons (Fsp3) is 0.708. The number of rotatable bonds is 34. The lowest BCUT2D eigenvalue weighted by molar-refractivity contribution is -0.444. The van der Waals surface area contributed by atoms with Gasteiger partial charge in [0.15, 0.2) is 5.79 Å². The number of aliphatic hydroxyl groups excluding tert-OH is 1. The van der Waals surface area contributed by atoms with Gasteiger partial charge in [0.05, 0.1) is 92.9 Å². The Morgan fingerprint density at radius 2 is 1.47 bits per heavy atom. The first-order chi connectivity index (χ1) is 43.8. The highest BCUT2D eigenvalue weighted by atomic mass is 16.7. The molecule has 0 spiro atoms. The van der Waals surface area contributed by atoms with Crippen LogP contribution in [0.4, 0.5) is 0 Å². The number of methoxy groups -OCH3 is 1. The molecule has 7 saturated heterocycles. The van der Waals surface area contributed by atoms with E-state index in [9.17, 15) is 53.4 Å². The number of aliphatic hydroxyl groups is 2. The van der Waals surface area contributed by atoms with Gasteiger partial charge < -0.3 is 80.0 Å². The van der Waals surface area contributed by atoms with Gasteiger partial charge in [0, 0.05) is 95.1 Å². The summed E-state index contributed by atoms with van der Waals surface area (Å²) in [4.78, 5) is 116. The van der Waals surface area contributed by atoms with Crippen molar-refractivity contribution < 1.29 is 91.3 Å². The van der Waals surface area contributed by atoms with Gasteiger partial charge in [-0.05, 0) is 81.8 Å². The molecule has 26 nitrogen and oxygen atoms in total. The van der Waals surface area contributed by atoms with Gasteiger partial charge in [0.2, 0.25) is 35.4 Å². The normalized spacial score (nSPS) is 32.8. The molecule has 2 aliphatic carbocycles. The summed E-state index contributed by atoms with van der Waals surface area (Å²) in [5.41, 5.74) is 1.79. The highest BCUT2D eigenvalue weighted by Gasteiger charge is 2.73. The molecule has 0 aromatic heterocycles. The molecule has 5 unspecified atom stereocenters. The number of nitrogens with one attached hydrogen (secondary N) is 6. The molecular weight excluding hydrogens is 1180 g/mol. The highest BCUT2D eigenvalue weighted by molar-refractivity contribution is 6.12. The summed E-state index contributed by atoms with van der Waals surface area (Å²) in [6, 6.07) is 7.68. The molecule has 8 aliphatic heterocycles. The maximum absolute atomic E-state index is 14.0. The number of unbranched alkanes of at least 4 members (excludes halogenated alkanes) is 2. The van der Waals surface area contributed by atoms with Crippen LogP contribution in [0.1, 0.15) is 122 Å². The first-order valence-electron chi connectivity index (χ1n) is 32.7. The Balaban J connectivity index is 0.614. The maximum atomic E-state index is 14.0. The predicted molar refractivity (Wildman–Crippen MR) is 321 cm³/mol. The molecule has 26 heteroatoms. The van der Waals surface area contributed by atoms with E-state index in [0.29, 0.717) is 69.8 Å². The zero-order valence-electron chi connectivity index (χ0n) is 52.3. The summed E-state index contributed by atoms with van der Waals surface area (Å²) in [6.45, 7) is 6.52. The van der Waals surface area contributed by atoms with Crippen molar-refractivity contribution in [1.29, 1.82) is 0 Å². The van der Waals surface area contributed by atoms with Crippen molar-refractivity contribution in [1.82, 2.24) is 36.8 Å². The Bertz CT molecular complexity index is 2820. The van der Waals surface area contributed by atoms with Crippen molar-refractivity contribution in [2.75, 3.05) is 46.6 Å². The topological polar surface area (TPSA) is 343 Å². The van der Waals surface area contributed by atoms with E-state index >= 15 is 0 Å². The summed E-state index contributed by atoms with van der Waals surface area (Å²) in [5, 5.41) is 38.7. The quantitative estimate of drug-likeness (QED) is 0.0204. The third-order valence-electron chi connectivity index (χ3n) is 19.5. The number of benzene rings is 1. The van der Waals surface area contributed by atoms with Crippen molar-refractivity contribution >= 4 is 53.0 Å². The van der Waals surface area contributed by atoms with Gasteiger partial charge in [-0.3, -0.25) is 48.1 Å². The van der Waals surface area contributed by atoms with E-state index in [4.69, 9.17) is 37.9 Å². The lowest BCUT2D eigenvalue weighted by Crippen LogP contribution is -2.81. The Morgan fingerprint density at radius 3 is 2.20 bits per heavy atom. The lowest BCUT2D eigenvalue weighted by Gasteiger charge is -2.70. The van der Waals surface area contributed by atoms with E-state index in [0.717, 1.165) is 23.3 Å². The molecule has 9 fully saturated rings. The molecule has 10 aliphatic rings. The summed E-state index contributed by atoms with van der Waals surface area (Å²) < 4.78 is 50.9. The molecule has 2 saturated carbocycles. The van der Waals surface area contributed by atoms with E-state index in [-0.39, 0.29) is 142 Å². The maximum Gasteiger partial charge on any atom is 0.253 e. The minimum atomic E-state index is -1.43. The van der Waals surface area contributed by atoms with Gasteiger partial charge in [-0.2, -0.15) is 0 Å². The van der Waals surface area contributed by atoms with Crippen LogP contribution in [0.5, 0.6) is 0 Å². The monoisotopic (exact) mass is 1270 g/mol. The number of carbonyl (C=O) groups excluding carboxylic acids is 9. The third kappa shape index (κ3) is 17.2. The van der Waals surface area contributed by atoms with Crippen molar-refractivity contribution in [3.63, 3.8) is 0 Å². The van der Waals surface area contributed by atoms with Crippen LogP contribution < -0.4 is 31.9 Å². The van der Waals surface area contributed by atoms with Crippen LogP contribution >= 0.6 is 0 Å². The first kappa shape index (κ1) is 67.8. The zero-order valence-corrected chi connectivity index (χ0v) is 52.3. The number of carbonyl (C=O) groups is 9. The molecule has 8 amide bonds. The van der Waals surface area contributed by atoms with Crippen molar-refractivity contribution in [3.8, 4) is 0 Å². The molecule has 11 rings (SSSR count). The summed E-state index contributed by atoms with van der Waals surface area (Å²) in [6.07, 6.45) is 5.19. The molecule has 1 aromatic rings. The van der Waals surface area contributed by atoms with E-state index in [1.54, 1.807) is 37.4 Å². The van der Waals surface area contributed by atoms with Gasteiger partial charge in [-0.15, -0.1) is 0 Å². The van der Waals surface area contributed by atoms with Gasteiger partial charge in [-0.25, -0.2) is 0 Å². The highest BCUT2D eigenvalue weighted by Crippen LogP contribution is 2.61. The van der Waals surface area contributed by atoms with Crippen LogP contribution in [-0.2, 0) is 87.5 Å². The summed E-state index contributed by atoms with van der Waals surface area (Å²) >= 11 is 0. The molecule has 6 bridgehead atoms. The van der Waals surface area contributed by atoms with Crippen LogP contribution in [0.2, 0.25) is 0 Å². The van der Waals surface area contributed by atoms with E-state index < -0.39 is 104 Å². The van der Waals surface area contributed by atoms with E-state index in [2.05, 4.69) is 45.4 Å². The van der Waals surface area contributed by atoms with Gasteiger partial charge in [0.1, 0.15) is 30.8 Å². The number of imide groups is 1. The molecule has 91 heavy (non-hydrogen) atoms. The number of ether oxygens (including phenoxy) is 8. The fourth-order valence-electron chi connectivity index (χ4n) is 14.5. The molecule has 0 radical (unpaired) electrons. The molecule has 500 valence electrons. The second-order valence-electron chi connectivity index (χ2n) is 26.1. The molecule has 8 N–H and O–H groups in total. The summed E-state index contributed by atoms with van der Waals surface area (Å²) in [5.74, 6) is -6.00. The van der Waals surface area contributed by atoms with Crippen LogP contribution in [0.25, 0.3) is 0 Å². The SMILES string of the molecule is C=C1C[C@H](CC[C@@]2(O)CC3OC4C3[C@@H]3O[C@H]5CC[C@H](CC(=O)C[C@@H]6[C@@H](OC)[C@@H](C[C@H](O)CNC(=O)C(OCNC(=O)CNC(=O)[C@H](Cc7ccccc7)NC(=O)CNC(=O)CNC(=O)CCCCCN7C(=O)C=CC7=O)C7CC7)O[C@H]6C)O[C@@H]5[C@H](O2)C43)O[C@H]1CC. The predicted octanol–water partition coefficient (Wildman–Crippen LogP) is 0.762. The minimum Gasteiger partial charge on any atom is -0.391 e. The van der Waals surface area contributed by atoms with Crippen molar-refractivity contribution in [3.05, 3.63) is 60.2 Å². The zero-order chi connectivity index (χ0) is 64.5. The number of amides is 8. The van der Waals surface area contributed by atoms with Crippen molar-refractivity contribution in [2.24, 2.45) is 23.7 Å². The van der Waals surface area contributed by atoms with E-state index in [1.165, 1.54) is 12.2 Å². The third-order valence-corrected chi connectivity index (χ3v) is 19.5. The number of Topliss-reactive ketones (excluding diaryl/α,β-unsaturated/α-hetero) is 1. The lowest BCUT2D eigenvalue weighted by atomic mass is 9.56. The van der Waals surface area contributed by atoms with Crippen LogP contribution in [0.15, 0.2) is 54.6 Å². The van der Waals surface area contributed by atoms with Gasteiger partial charge >= 0.3 is 0 Å². The Morgan fingerprint density at radius 1 is 0.758 bits per heavy atom. The number of hydrogen-bond acceptors (Lipinski definition) is 19. The average Bonchev–Trinajstić information content (AvgIpc) is 1.33. The number of nitrogens with zero attached hydrogens (tertiary/aromatic N) is 1. The second-order valence-corrected chi connectivity index (χ2v) is 26.1. The Labute approximate surface area is 530 Å². The van der Waals surface area contributed by atoms with Crippen LogP contribution in [-0.4, -0.2) is 212 Å². The summed E-state index contributed by atoms with van der Waals surface area (Å²) in [7, 11) is 1.55. The minimum absolute atomic E-state index is 0.00335. The molecule has 19 atom stereocenters. The first-order valence-corrected chi connectivity index (χ1v) is 32.7. The Hall–Kier alpha value is -6.07. The average molecular weight is 1270 g/mol. The fourth-order valence-corrected chi connectivity index (χ4v) is 14.5. The number of ketones is 1. The molecular formula is C65H91N7O19. The second kappa shape index (κ2) is 30.8. The van der Waals surface area contributed by atoms with Gasteiger partial charge in [0.25, 0.3) is 11.8 Å². The number of hydrogen-bond donors (Lipinski definition) is 8. The number of fused-ring (bicyclic) bond motifs is 3. The smallest absolute Gasteiger partial charge is 0.253 e. The Kier molecular flexibility index (Phi) is 22.9. The van der Waals surface area contributed by atoms with Crippen LogP contribution in [0, 0.1) is 23.7 Å². The largest absolute Gasteiger partial charge is 0.391 e. The molecule has 8 heterocycles. The standard InChI is InChI=1S/C65H91N7O19/c1-5-45-35(2)24-42(87-45)21-22-65(83)29-48-55-60-56(61(55)90-48)62(91-65)59-46(89-60)18-17-41(88-59)26-39(73)27-43-36(3)86-47(58(43)84-4)28-40(74)30-68-64(82)57(38-15-16-38)85-34-70-51(77)32-69-63(81)44(25-37-12-8-6-9-13-37)71-52(78)33-67-50(76)31-66-49(75)14-10-7-11-23-72-53(79)19-20-54(72)80/h6,8-9,12-13,19-20,36,38,40-48,55-62,74,83H,2,5,7,10-11,14-18,21-34H2,1,3-4H3,(H,66,75)(H,67,76)(H,68,82)(H,69,81)(H,70,77)(H,71,78)/t36-,40-,41+,42-,43-,44-,45-,46-,47+,48?,55?,56?,57?,58+,59-,60-,61?,62+,65-/m0/s1. The van der Waals surface area contributed by atoms with E-state index in [1.807, 2.05) is 6.92 Å².